The van der Waals surface area contributed by atoms with Crippen molar-refractivity contribution in [3.05, 3.63) is 64.5 Å². The third-order valence-electron chi connectivity index (χ3n) is 4.28. The van der Waals surface area contributed by atoms with E-state index in [4.69, 9.17) is 9.56 Å². The first kappa shape index (κ1) is 19.7. The molecular weight excluding hydrogens is 432 g/mol. The van der Waals surface area contributed by atoms with E-state index in [0.717, 1.165) is 15.6 Å². The highest BCUT2D eigenvalue weighted by Gasteiger charge is 2.17. The third-order valence-corrected chi connectivity index (χ3v) is 5.70. The van der Waals surface area contributed by atoms with E-state index in [1.165, 1.54) is 12.1 Å². The number of nitrogens with zero attached hydrogens (tertiary/aromatic N) is 3. The Bertz CT molecular complexity index is 1030. The lowest BCUT2D eigenvalue weighted by Gasteiger charge is -2.23. The molecule has 1 unspecified atom stereocenters. The molecule has 0 aliphatic rings. The molecule has 0 bridgehead atoms. The van der Waals surface area contributed by atoms with E-state index < -0.39 is 10.0 Å². The first-order valence-corrected chi connectivity index (χ1v) is 10.5. The van der Waals surface area contributed by atoms with Gasteiger partial charge in [-0.2, -0.15) is 0 Å². The van der Waals surface area contributed by atoms with Gasteiger partial charge < -0.3 is 4.42 Å². The Morgan fingerprint density at radius 1 is 1.19 bits per heavy atom. The summed E-state index contributed by atoms with van der Waals surface area (Å²) in [7, 11) is -1.76. The first-order valence-electron chi connectivity index (χ1n) is 8.15. The van der Waals surface area contributed by atoms with Crippen molar-refractivity contribution >= 4 is 26.0 Å². The fourth-order valence-electron chi connectivity index (χ4n) is 2.60. The fraction of sp³-hybridized carbons (Fsp3) is 0.222. The van der Waals surface area contributed by atoms with E-state index >= 15 is 0 Å². The minimum Gasteiger partial charge on any atom is -0.419 e. The van der Waals surface area contributed by atoms with E-state index in [1.807, 2.05) is 43.1 Å². The number of nitrogens with two attached hydrogens (primary N) is 1. The standard InChI is InChI=1S/C18H19BrN4O3S/c1-12(13-6-8-16(9-7-13)27(20,24)25)23(2)11-17-21-22-18(26-17)14-4-3-5-15(19)10-14/h3-10,12H,11H2,1-2H3,(H2,20,24,25). The molecule has 0 aliphatic heterocycles. The number of halogens is 1. The van der Waals surface area contributed by atoms with Gasteiger partial charge in [0, 0.05) is 16.1 Å². The van der Waals surface area contributed by atoms with E-state index in [9.17, 15) is 8.42 Å². The molecule has 9 heteroatoms. The van der Waals surface area contributed by atoms with Crippen LogP contribution in [0.3, 0.4) is 0 Å². The average molecular weight is 451 g/mol. The molecule has 0 aliphatic carbocycles. The summed E-state index contributed by atoms with van der Waals surface area (Å²) in [6.45, 7) is 2.47. The fourth-order valence-corrected chi connectivity index (χ4v) is 3.51. The molecule has 0 fully saturated rings. The van der Waals surface area contributed by atoms with Gasteiger partial charge in [0.2, 0.25) is 21.8 Å². The molecule has 0 saturated carbocycles. The van der Waals surface area contributed by atoms with Gasteiger partial charge in [-0.3, -0.25) is 4.90 Å². The van der Waals surface area contributed by atoms with E-state index in [1.54, 1.807) is 12.1 Å². The molecule has 0 saturated heterocycles. The highest BCUT2D eigenvalue weighted by Crippen LogP contribution is 2.24. The first-order chi connectivity index (χ1) is 12.7. The van der Waals surface area contributed by atoms with Crippen molar-refractivity contribution in [1.29, 1.82) is 0 Å². The highest BCUT2D eigenvalue weighted by molar-refractivity contribution is 9.10. The zero-order chi connectivity index (χ0) is 19.6. The maximum Gasteiger partial charge on any atom is 0.247 e. The second-order valence-electron chi connectivity index (χ2n) is 6.22. The average Bonchev–Trinajstić information content (AvgIpc) is 3.09. The van der Waals surface area contributed by atoms with Crippen molar-refractivity contribution in [2.24, 2.45) is 5.14 Å². The van der Waals surface area contributed by atoms with Gasteiger partial charge in [0.05, 0.1) is 11.4 Å². The minimum absolute atomic E-state index is 0.0146. The molecule has 3 aromatic rings. The molecule has 7 nitrogen and oxygen atoms in total. The van der Waals surface area contributed by atoms with Crippen LogP contribution >= 0.6 is 15.9 Å². The predicted octanol–water partition coefficient (Wildman–Crippen LogP) is 3.34. The number of rotatable bonds is 6. The predicted molar refractivity (Wildman–Crippen MR) is 105 cm³/mol. The van der Waals surface area contributed by atoms with Crippen LogP contribution in [0.1, 0.15) is 24.4 Å². The lowest BCUT2D eigenvalue weighted by Crippen LogP contribution is -2.22. The Hall–Kier alpha value is -2.07. The van der Waals surface area contributed by atoms with E-state index in [0.29, 0.717) is 18.3 Å². The summed E-state index contributed by atoms with van der Waals surface area (Å²) in [5, 5.41) is 13.4. The molecule has 0 amide bonds. The molecule has 1 atom stereocenters. The van der Waals surface area contributed by atoms with Crippen LogP contribution in [0.15, 0.2) is 62.3 Å². The lowest BCUT2D eigenvalue weighted by atomic mass is 10.1. The van der Waals surface area contributed by atoms with Crippen molar-refractivity contribution in [2.75, 3.05) is 7.05 Å². The van der Waals surface area contributed by atoms with Crippen molar-refractivity contribution < 1.29 is 12.8 Å². The second-order valence-corrected chi connectivity index (χ2v) is 8.69. The Kier molecular flexibility index (Phi) is 5.75. The largest absolute Gasteiger partial charge is 0.419 e. The number of benzene rings is 2. The SMILES string of the molecule is CC(c1ccc(S(N)(=O)=O)cc1)N(C)Cc1nnc(-c2cccc(Br)c2)o1. The van der Waals surface area contributed by atoms with Crippen molar-refractivity contribution in [3.8, 4) is 11.5 Å². The topological polar surface area (TPSA) is 102 Å². The third kappa shape index (κ3) is 4.81. The van der Waals surface area contributed by atoms with Gasteiger partial charge >= 0.3 is 0 Å². The van der Waals surface area contributed by atoms with Crippen molar-refractivity contribution in [2.45, 2.75) is 24.4 Å². The Labute approximate surface area is 166 Å². The number of aromatic nitrogens is 2. The smallest absolute Gasteiger partial charge is 0.247 e. The lowest BCUT2D eigenvalue weighted by molar-refractivity contribution is 0.228. The van der Waals surface area contributed by atoms with Crippen LogP contribution in [-0.2, 0) is 16.6 Å². The Balaban J connectivity index is 1.71. The van der Waals surface area contributed by atoms with Crippen LogP contribution in [0.4, 0.5) is 0 Å². The maximum atomic E-state index is 11.4. The molecule has 27 heavy (non-hydrogen) atoms. The molecular formula is C18H19BrN4O3S. The zero-order valence-electron chi connectivity index (χ0n) is 14.8. The molecule has 1 heterocycles. The number of hydrogen-bond donors (Lipinski definition) is 1. The monoisotopic (exact) mass is 450 g/mol. The summed E-state index contributed by atoms with van der Waals surface area (Å²) >= 11 is 3.43. The normalized spacial score (nSPS) is 13.1. The summed E-state index contributed by atoms with van der Waals surface area (Å²) in [5.74, 6) is 0.963. The number of sulfonamides is 1. The van der Waals surface area contributed by atoms with E-state index in [2.05, 4.69) is 26.1 Å². The Morgan fingerprint density at radius 3 is 2.52 bits per heavy atom. The number of hydrogen-bond acceptors (Lipinski definition) is 6. The summed E-state index contributed by atoms with van der Waals surface area (Å²) in [6, 6.07) is 14.2. The van der Waals surface area contributed by atoms with Crippen LogP contribution in [0.2, 0.25) is 0 Å². The van der Waals surface area contributed by atoms with Gasteiger partial charge in [-0.15, -0.1) is 10.2 Å². The molecule has 142 valence electrons. The van der Waals surface area contributed by atoms with Crippen LogP contribution in [0, 0.1) is 0 Å². The van der Waals surface area contributed by atoms with Gasteiger partial charge in [-0.1, -0.05) is 34.1 Å². The summed E-state index contributed by atoms with van der Waals surface area (Å²) in [4.78, 5) is 2.13. The summed E-state index contributed by atoms with van der Waals surface area (Å²) < 4.78 is 29.4. The zero-order valence-corrected chi connectivity index (χ0v) is 17.2. The van der Waals surface area contributed by atoms with Crippen molar-refractivity contribution in [1.82, 2.24) is 15.1 Å². The number of primary sulfonamides is 1. The highest BCUT2D eigenvalue weighted by atomic mass is 79.9. The molecule has 2 N–H and O–H groups in total. The molecule has 0 radical (unpaired) electrons. The summed E-state index contributed by atoms with van der Waals surface area (Å²) in [6.07, 6.45) is 0. The van der Waals surface area contributed by atoms with E-state index in [-0.39, 0.29) is 10.9 Å². The van der Waals surface area contributed by atoms with Crippen molar-refractivity contribution in [3.63, 3.8) is 0 Å². The molecule has 2 aromatic carbocycles. The second kappa shape index (κ2) is 7.89. The Morgan fingerprint density at radius 2 is 1.89 bits per heavy atom. The molecule has 0 spiro atoms. The van der Waals surface area contributed by atoms with Gasteiger partial charge in [0.25, 0.3) is 0 Å². The van der Waals surface area contributed by atoms with Crippen LogP contribution < -0.4 is 5.14 Å². The van der Waals surface area contributed by atoms with Crippen LogP contribution in [0.25, 0.3) is 11.5 Å². The molecule has 1 aromatic heterocycles. The van der Waals surface area contributed by atoms with Crippen LogP contribution in [-0.4, -0.2) is 30.6 Å². The van der Waals surface area contributed by atoms with Gasteiger partial charge in [-0.25, -0.2) is 13.6 Å². The maximum absolute atomic E-state index is 11.4. The van der Waals surface area contributed by atoms with Gasteiger partial charge in [0.15, 0.2) is 0 Å². The summed E-state index contributed by atoms with van der Waals surface area (Å²) in [5.41, 5.74) is 1.80. The minimum atomic E-state index is -3.69. The molecule has 3 rings (SSSR count). The van der Waals surface area contributed by atoms with Crippen LogP contribution in [0.5, 0.6) is 0 Å². The quantitative estimate of drug-likeness (QED) is 0.617. The van der Waals surface area contributed by atoms with Gasteiger partial charge in [-0.05, 0) is 49.9 Å². The van der Waals surface area contributed by atoms with Gasteiger partial charge in [0.1, 0.15) is 0 Å².